The molecule has 1 aliphatic rings. The molecule has 2 rings (SSSR count). The van der Waals surface area contributed by atoms with E-state index in [1.54, 1.807) is 11.3 Å². The number of nitrogens with zero attached hydrogens (tertiary/aromatic N) is 1. The van der Waals surface area contributed by atoms with Gasteiger partial charge in [0.1, 0.15) is 0 Å². The highest BCUT2D eigenvalue weighted by Gasteiger charge is 2.18. The largest absolute Gasteiger partial charge is 0.328 e. The van der Waals surface area contributed by atoms with Gasteiger partial charge in [-0.1, -0.05) is 6.42 Å². The van der Waals surface area contributed by atoms with Gasteiger partial charge >= 0.3 is 0 Å². The molecule has 78 valence electrons. The fraction of sp³-hybridized carbons (Fsp3) is 0.700. The number of hydrogen-bond acceptors (Lipinski definition) is 4. The summed E-state index contributed by atoms with van der Waals surface area (Å²) in [6.45, 7) is 0.890. The highest BCUT2D eigenvalue weighted by molar-refractivity contribution is 7.07. The molecular weight excluding hydrogens is 194 g/mol. The Kier molecular flexibility index (Phi) is 3.50. The average Bonchev–Trinajstić information content (AvgIpc) is 2.67. The van der Waals surface area contributed by atoms with E-state index in [2.05, 4.69) is 15.7 Å². The Bertz CT molecular complexity index is 260. The van der Waals surface area contributed by atoms with Crippen LogP contribution in [0.5, 0.6) is 0 Å². The summed E-state index contributed by atoms with van der Waals surface area (Å²) >= 11 is 1.65. The van der Waals surface area contributed by atoms with Crippen molar-refractivity contribution in [1.29, 1.82) is 0 Å². The van der Waals surface area contributed by atoms with E-state index < -0.39 is 0 Å². The van der Waals surface area contributed by atoms with Gasteiger partial charge in [0.2, 0.25) is 0 Å². The van der Waals surface area contributed by atoms with Crippen LogP contribution in [-0.4, -0.2) is 17.1 Å². The minimum absolute atomic E-state index is 0.400. The summed E-state index contributed by atoms with van der Waals surface area (Å²) in [5.74, 6) is 0. The average molecular weight is 211 g/mol. The molecule has 1 saturated carbocycles. The summed E-state index contributed by atoms with van der Waals surface area (Å²) < 4.78 is 0. The lowest BCUT2D eigenvalue weighted by Gasteiger charge is -2.27. The summed E-state index contributed by atoms with van der Waals surface area (Å²) in [6, 6.07) is 0.997. The molecule has 2 unspecified atom stereocenters. The molecule has 1 aliphatic carbocycles. The van der Waals surface area contributed by atoms with Crippen molar-refractivity contribution in [3.05, 3.63) is 16.6 Å². The summed E-state index contributed by atoms with van der Waals surface area (Å²) in [5.41, 5.74) is 8.95. The topological polar surface area (TPSA) is 50.9 Å². The number of thiazole rings is 1. The first-order chi connectivity index (χ1) is 6.84. The molecule has 3 N–H and O–H groups in total. The fourth-order valence-electron chi connectivity index (χ4n) is 1.99. The molecule has 1 aromatic heterocycles. The van der Waals surface area contributed by atoms with E-state index >= 15 is 0 Å². The smallest absolute Gasteiger partial charge is 0.0795 e. The van der Waals surface area contributed by atoms with Crippen LogP contribution in [0.4, 0.5) is 0 Å². The minimum atomic E-state index is 0.400. The van der Waals surface area contributed by atoms with E-state index in [4.69, 9.17) is 5.73 Å². The third kappa shape index (κ3) is 2.77. The van der Waals surface area contributed by atoms with Crippen molar-refractivity contribution in [3.8, 4) is 0 Å². The summed E-state index contributed by atoms with van der Waals surface area (Å²) in [6.07, 6.45) is 4.83. The van der Waals surface area contributed by atoms with Gasteiger partial charge < -0.3 is 11.1 Å². The molecule has 4 heteroatoms. The van der Waals surface area contributed by atoms with Crippen molar-refractivity contribution in [2.45, 2.75) is 44.3 Å². The third-order valence-electron chi connectivity index (χ3n) is 2.77. The van der Waals surface area contributed by atoms with E-state index in [-0.39, 0.29) is 0 Å². The number of hydrogen-bond donors (Lipinski definition) is 2. The summed E-state index contributed by atoms with van der Waals surface area (Å²) in [4.78, 5) is 4.24. The molecule has 0 aromatic carbocycles. The van der Waals surface area contributed by atoms with Gasteiger partial charge in [-0.3, -0.25) is 0 Å². The molecule has 14 heavy (non-hydrogen) atoms. The van der Waals surface area contributed by atoms with Crippen LogP contribution in [0.2, 0.25) is 0 Å². The maximum absolute atomic E-state index is 5.92. The SMILES string of the molecule is NC1CCCC(NCc2cscn2)C1. The van der Waals surface area contributed by atoms with Crippen molar-refractivity contribution >= 4 is 11.3 Å². The number of aromatic nitrogens is 1. The quantitative estimate of drug-likeness (QED) is 0.796. The van der Waals surface area contributed by atoms with Crippen LogP contribution in [0, 0.1) is 0 Å². The van der Waals surface area contributed by atoms with Crippen molar-refractivity contribution in [2.24, 2.45) is 5.73 Å². The Morgan fingerprint density at radius 2 is 2.50 bits per heavy atom. The molecule has 1 fully saturated rings. The Hall–Kier alpha value is -0.450. The second kappa shape index (κ2) is 4.87. The second-order valence-electron chi connectivity index (χ2n) is 3.98. The van der Waals surface area contributed by atoms with Crippen LogP contribution in [0.1, 0.15) is 31.4 Å². The number of nitrogens with two attached hydrogens (primary N) is 1. The zero-order valence-corrected chi connectivity index (χ0v) is 9.09. The van der Waals surface area contributed by atoms with Gasteiger partial charge in [-0.05, 0) is 19.3 Å². The predicted molar refractivity (Wildman–Crippen MR) is 59.2 cm³/mol. The minimum Gasteiger partial charge on any atom is -0.328 e. The van der Waals surface area contributed by atoms with Gasteiger partial charge in [-0.15, -0.1) is 11.3 Å². The van der Waals surface area contributed by atoms with Crippen molar-refractivity contribution in [2.75, 3.05) is 0 Å². The zero-order chi connectivity index (χ0) is 9.80. The predicted octanol–water partition coefficient (Wildman–Crippen LogP) is 1.50. The van der Waals surface area contributed by atoms with Crippen LogP contribution in [-0.2, 0) is 6.54 Å². The summed E-state index contributed by atoms with van der Waals surface area (Å²) in [7, 11) is 0. The first kappa shape index (κ1) is 10.1. The Morgan fingerprint density at radius 3 is 3.21 bits per heavy atom. The molecule has 1 heterocycles. The number of rotatable bonds is 3. The van der Waals surface area contributed by atoms with Crippen LogP contribution < -0.4 is 11.1 Å². The summed E-state index contributed by atoms with van der Waals surface area (Å²) in [5, 5.41) is 5.61. The van der Waals surface area contributed by atoms with E-state index in [1.807, 2.05) is 5.51 Å². The van der Waals surface area contributed by atoms with E-state index in [1.165, 1.54) is 19.3 Å². The van der Waals surface area contributed by atoms with Crippen LogP contribution in [0.15, 0.2) is 10.9 Å². The van der Waals surface area contributed by atoms with Gasteiger partial charge in [-0.2, -0.15) is 0 Å². The molecule has 3 nitrogen and oxygen atoms in total. The Balaban J connectivity index is 1.75. The monoisotopic (exact) mass is 211 g/mol. The highest BCUT2D eigenvalue weighted by atomic mass is 32.1. The van der Waals surface area contributed by atoms with E-state index in [0.29, 0.717) is 12.1 Å². The highest BCUT2D eigenvalue weighted by Crippen LogP contribution is 2.17. The normalized spacial score (nSPS) is 27.8. The molecular formula is C10H17N3S. The van der Waals surface area contributed by atoms with E-state index in [9.17, 15) is 0 Å². The molecule has 0 bridgehead atoms. The van der Waals surface area contributed by atoms with Gasteiger partial charge in [0, 0.05) is 24.0 Å². The number of nitrogens with one attached hydrogen (secondary N) is 1. The van der Waals surface area contributed by atoms with Crippen molar-refractivity contribution in [1.82, 2.24) is 10.3 Å². The van der Waals surface area contributed by atoms with Crippen LogP contribution in [0.3, 0.4) is 0 Å². The molecule has 0 aliphatic heterocycles. The molecule has 0 spiro atoms. The van der Waals surface area contributed by atoms with E-state index in [0.717, 1.165) is 18.7 Å². The molecule has 0 radical (unpaired) electrons. The Labute approximate surface area is 88.7 Å². The van der Waals surface area contributed by atoms with Gasteiger partial charge in [0.25, 0.3) is 0 Å². The first-order valence-corrected chi connectivity index (χ1v) is 6.15. The van der Waals surface area contributed by atoms with Crippen LogP contribution >= 0.6 is 11.3 Å². The second-order valence-corrected chi connectivity index (χ2v) is 4.70. The van der Waals surface area contributed by atoms with Crippen molar-refractivity contribution < 1.29 is 0 Å². The lowest BCUT2D eigenvalue weighted by molar-refractivity contribution is 0.337. The maximum atomic E-state index is 5.92. The molecule has 2 atom stereocenters. The first-order valence-electron chi connectivity index (χ1n) is 5.20. The lowest BCUT2D eigenvalue weighted by atomic mass is 9.91. The molecule has 1 aromatic rings. The Morgan fingerprint density at radius 1 is 1.57 bits per heavy atom. The zero-order valence-electron chi connectivity index (χ0n) is 8.28. The van der Waals surface area contributed by atoms with Gasteiger partial charge in [0.05, 0.1) is 11.2 Å². The maximum Gasteiger partial charge on any atom is 0.0795 e. The fourth-order valence-corrected chi connectivity index (χ4v) is 2.55. The third-order valence-corrected chi connectivity index (χ3v) is 3.41. The standard InChI is InChI=1S/C10H17N3S/c11-8-2-1-3-9(4-8)12-5-10-6-14-7-13-10/h6-9,12H,1-5,11H2. The van der Waals surface area contributed by atoms with Gasteiger partial charge in [-0.25, -0.2) is 4.98 Å². The van der Waals surface area contributed by atoms with Crippen molar-refractivity contribution in [3.63, 3.8) is 0 Å². The molecule has 0 saturated heterocycles. The lowest BCUT2D eigenvalue weighted by Crippen LogP contribution is -2.39. The molecule has 0 amide bonds. The van der Waals surface area contributed by atoms with Crippen LogP contribution in [0.25, 0.3) is 0 Å². The van der Waals surface area contributed by atoms with Gasteiger partial charge in [0.15, 0.2) is 0 Å².